The van der Waals surface area contributed by atoms with Crippen LogP contribution in [-0.4, -0.2) is 20.9 Å². The van der Waals surface area contributed by atoms with Crippen molar-refractivity contribution in [3.05, 3.63) is 60.7 Å². The first-order valence-corrected chi connectivity index (χ1v) is 10.1. The first-order chi connectivity index (χ1) is 10.1. The van der Waals surface area contributed by atoms with E-state index in [1.165, 1.54) is 5.19 Å². The second-order valence-corrected chi connectivity index (χ2v) is 9.44. The lowest BCUT2D eigenvalue weighted by Crippen LogP contribution is -2.60. The van der Waals surface area contributed by atoms with Gasteiger partial charge in [0.2, 0.25) is 0 Å². The first-order valence-electron chi connectivity index (χ1n) is 7.15. The van der Waals surface area contributed by atoms with Crippen molar-refractivity contribution in [2.75, 3.05) is 11.2 Å². The van der Waals surface area contributed by atoms with E-state index in [0.717, 1.165) is 5.69 Å². The van der Waals surface area contributed by atoms with Crippen LogP contribution in [0.2, 0.25) is 13.1 Å². The maximum Gasteiger partial charge on any atom is 0.406 e. The normalized spacial score (nSPS) is 11.0. The van der Waals surface area contributed by atoms with Gasteiger partial charge in [0.1, 0.15) is 0 Å². The summed E-state index contributed by atoms with van der Waals surface area (Å²) in [5.41, 5.74) is 0.886. The van der Waals surface area contributed by atoms with Crippen molar-refractivity contribution in [1.82, 2.24) is 0 Å². The maximum atomic E-state index is 12.5. The van der Waals surface area contributed by atoms with Crippen molar-refractivity contribution in [2.24, 2.45) is 0 Å². The summed E-state index contributed by atoms with van der Waals surface area (Å²) >= 11 is 0. The number of carbonyl (C=O) groups excluding carboxylic acids is 1. The molecule has 2 aromatic carbocycles. The van der Waals surface area contributed by atoms with Gasteiger partial charge in [-0.2, -0.15) is 0 Å². The number of para-hydroxylation sites is 1. The van der Waals surface area contributed by atoms with Gasteiger partial charge in [-0.15, -0.1) is 0 Å². The molecule has 0 atom stereocenters. The molecule has 21 heavy (non-hydrogen) atoms. The Hall–Kier alpha value is -2.07. The highest BCUT2D eigenvalue weighted by Gasteiger charge is 2.37. The summed E-state index contributed by atoms with van der Waals surface area (Å²) in [4.78, 5) is 12.5. The second kappa shape index (κ2) is 6.59. The maximum absolute atomic E-state index is 12.5. The standard InChI is InChI=1S/C17H21NO2Si/c1-4-20-17(19)18(15-11-7-5-8-12-15)21(2,3)16-13-9-6-10-14-16/h5-14H,4H2,1-3H3. The van der Waals surface area contributed by atoms with Crippen LogP contribution in [0.1, 0.15) is 6.92 Å². The van der Waals surface area contributed by atoms with E-state index in [0.29, 0.717) is 6.61 Å². The Kier molecular flexibility index (Phi) is 4.80. The van der Waals surface area contributed by atoms with Gasteiger partial charge in [0.05, 0.1) is 6.61 Å². The molecule has 0 saturated heterocycles. The molecule has 3 nitrogen and oxygen atoms in total. The van der Waals surface area contributed by atoms with Crippen LogP contribution in [0.25, 0.3) is 0 Å². The molecule has 110 valence electrons. The SMILES string of the molecule is CCOC(=O)N(c1ccccc1)[Si](C)(C)c1ccccc1. The van der Waals surface area contributed by atoms with Gasteiger partial charge in [-0.25, -0.2) is 4.79 Å². The van der Waals surface area contributed by atoms with Crippen molar-refractivity contribution in [2.45, 2.75) is 20.0 Å². The van der Waals surface area contributed by atoms with Crippen molar-refractivity contribution in [3.8, 4) is 0 Å². The molecule has 0 fully saturated rings. The molecule has 0 spiro atoms. The summed E-state index contributed by atoms with van der Waals surface area (Å²) in [7, 11) is -2.19. The molecular weight excluding hydrogens is 278 g/mol. The van der Waals surface area contributed by atoms with Gasteiger partial charge in [0.15, 0.2) is 8.24 Å². The van der Waals surface area contributed by atoms with E-state index in [2.05, 4.69) is 25.2 Å². The Balaban J connectivity index is 2.47. The zero-order valence-electron chi connectivity index (χ0n) is 12.7. The van der Waals surface area contributed by atoms with Gasteiger partial charge in [-0.3, -0.25) is 0 Å². The highest BCUT2D eigenvalue weighted by molar-refractivity contribution is 6.95. The second-order valence-electron chi connectivity index (χ2n) is 5.29. The van der Waals surface area contributed by atoms with E-state index in [9.17, 15) is 4.79 Å². The molecule has 0 aromatic heterocycles. The fourth-order valence-corrected chi connectivity index (χ4v) is 4.98. The monoisotopic (exact) mass is 299 g/mol. The van der Waals surface area contributed by atoms with E-state index in [-0.39, 0.29) is 6.09 Å². The minimum atomic E-state index is -2.19. The van der Waals surface area contributed by atoms with E-state index in [1.807, 2.05) is 60.0 Å². The average Bonchev–Trinajstić information content (AvgIpc) is 2.49. The predicted octanol–water partition coefficient (Wildman–Crippen LogP) is 3.76. The van der Waals surface area contributed by atoms with Gasteiger partial charge in [-0.1, -0.05) is 48.5 Å². The lowest BCUT2D eigenvalue weighted by molar-refractivity contribution is 0.163. The third kappa shape index (κ3) is 3.33. The number of ether oxygens (including phenoxy) is 1. The molecular formula is C17H21NO2Si. The molecule has 0 bridgehead atoms. The summed E-state index contributed by atoms with van der Waals surface area (Å²) in [6, 6.07) is 19.9. The zero-order chi connectivity index (χ0) is 15.3. The summed E-state index contributed by atoms with van der Waals surface area (Å²) in [6.07, 6.45) is -0.274. The number of nitrogens with zero attached hydrogens (tertiary/aromatic N) is 1. The van der Waals surface area contributed by atoms with Crippen molar-refractivity contribution < 1.29 is 9.53 Å². The molecule has 0 aliphatic rings. The summed E-state index contributed by atoms with van der Waals surface area (Å²) in [5.74, 6) is 0. The minimum absolute atomic E-state index is 0.274. The Labute approximate surface area is 127 Å². The lowest BCUT2D eigenvalue weighted by Gasteiger charge is -2.36. The number of hydrogen-bond acceptors (Lipinski definition) is 2. The van der Waals surface area contributed by atoms with Gasteiger partial charge in [0.25, 0.3) is 0 Å². The molecule has 0 unspecified atom stereocenters. The van der Waals surface area contributed by atoms with Crippen LogP contribution in [-0.2, 0) is 4.74 Å². The third-order valence-corrected chi connectivity index (χ3v) is 6.81. The van der Waals surface area contributed by atoms with Gasteiger partial charge >= 0.3 is 6.09 Å². The van der Waals surface area contributed by atoms with Crippen LogP contribution < -0.4 is 9.75 Å². The van der Waals surface area contributed by atoms with E-state index < -0.39 is 8.24 Å². The Bertz CT molecular complexity index is 584. The molecule has 1 amide bonds. The Morgan fingerprint density at radius 1 is 1.00 bits per heavy atom. The Morgan fingerprint density at radius 3 is 2.05 bits per heavy atom. The number of amides is 1. The number of anilines is 1. The van der Waals surface area contributed by atoms with E-state index >= 15 is 0 Å². The van der Waals surface area contributed by atoms with Crippen LogP contribution >= 0.6 is 0 Å². The average molecular weight is 299 g/mol. The fourth-order valence-electron chi connectivity index (χ4n) is 2.40. The summed E-state index contributed by atoms with van der Waals surface area (Å²) < 4.78 is 7.13. The van der Waals surface area contributed by atoms with Crippen LogP contribution in [0, 0.1) is 0 Å². The summed E-state index contributed by atoms with van der Waals surface area (Å²) in [5, 5.41) is 1.20. The topological polar surface area (TPSA) is 29.5 Å². The van der Waals surface area contributed by atoms with Crippen molar-refractivity contribution in [3.63, 3.8) is 0 Å². The quantitative estimate of drug-likeness (QED) is 0.804. The first kappa shape index (κ1) is 15.3. The summed E-state index contributed by atoms with van der Waals surface area (Å²) in [6.45, 7) is 6.53. The zero-order valence-corrected chi connectivity index (χ0v) is 13.7. The molecule has 0 aliphatic carbocycles. The molecule has 4 heteroatoms. The molecule has 2 aromatic rings. The highest BCUT2D eigenvalue weighted by atomic mass is 28.3. The molecule has 0 aliphatic heterocycles. The van der Waals surface area contributed by atoms with Gasteiger partial charge in [-0.05, 0) is 37.3 Å². The Morgan fingerprint density at radius 2 is 1.52 bits per heavy atom. The van der Waals surface area contributed by atoms with E-state index in [1.54, 1.807) is 0 Å². The number of carbonyl (C=O) groups is 1. The number of hydrogen-bond donors (Lipinski definition) is 0. The highest BCUT2D eigenvalue weighted by Crippen LogP contribution is 2.22. The van der Waals surface area contributed by atoms with Crippen LogP contribution in [0.4, 0.5) is 10.5 Å². The third-order valence-electron chi connectivity index (χ3n) is 3.50. The fraction of sp³-hybridized carbons (Fsp3) is 0.235. The van der Waals surface area contributed by atoms with Gasteiger partial charge in [0, 0.05) is 5.69 Å². The minimum Gasteiger partial charge on any atom is -0.450 e. The predicted molar refractivity (Wildman–Crippen MR) is 89.5 cm³/mol. The van der Waals surface area contributed by atoms with Crippen LogP contribution in [0.15, 0.2) is 60.7 Å². The van der Waals surface area contributed by atoms with Crippen LogP contribution in [0.3, 0.4) is 0 Å². The number of benzene rings is 2. The molecule has 0 N–H and O–H groups in total. The molecule has 0 saturated carbocycles. The van der Waals surface area contributed by atoms with E-state index in [4.69, 9.17) is 4.74 Å². The van der Waals surface area contributed by atoms with Crippen molar-refractivity contribution >= 4 is 25.2 Å². The largest absolute Gasteiger partial charge is 0.450 e. The molecule has 0 radical (unpaired) electrons. The van der Waals surface area contributed by atoms with Crippen molar-refractivity contribution in [1.29, 1.82) is 0 Å². The molecule has 0 heterocycles. The van der Waals surface area contributed by atoms with Crippen LogP contribution in [0.5, 0.6) is 0 Å². The number of rotatable bonds is 4. The smallest absolute Gasteiger partial charge is 0.406 e. The lowest BCUT2D eigenvalue weighted by atomic mass is 10.3. The molecule has 2 rings (SSSR count). The van der Waals surface area contributed by atoms with Gasteiger partial charge < -0.3 is 9.30 Å².